The zero-order valence-electron chi connectivity index (χ0n) is 35.0. The molecular weight excluding hydrogens is 825 g/mol. The van der Waals surface area contributed by atoms with Crippen LogP contribution in [0.15, 0.2) is 146 Å². The molecule has 0 saturated heterocycles. The topological polar surface area (TPSA) is 245 Å². The van der Waals surface area contributed by atoms with E-state index in [1.807, 2.05) is 38.1 Å². The molecule has 0 fully saturated rings. The first-order valence-corrected chi connectivity index (χ1v) is 19.4. The van der Waals surface area contributed by atoms with Crippen molar-refractivity contribution in [1.82, 2.24) is 10.6 Å². The van der Waals surface area contributed by atoms with E-state index in [9.17, 15) is 39.4 Å². The number of nitrogens with one attached hydrogen (secondary N) is 6. The smallest absolute Gasteiger partial charge is 0.320 e. The Bertz CT molecular complexity index is 2410. The molecule has 6 aromatic rings. The summed E-state index contributed by atoms with van der Waals surface area (Å²) in [6, 6.07) is 36.2. The minimum Gasteiger partial charge on any atom is -0.495 e. The minimum absolute atomic E-state index is 0.102. The largest absolute Gasteiger partial charge is 0.495 e. The lowest BCUT2D eigenvalue weighted by Gasteiger charge is -2.20. The first kappa shape index (κ1) is 46.3. The number of methoxy groups -OCH3 is 2. The van der Waals surface area contributed by atoms with E-state index in [2.05, 4.69) is 31.9 Å². The number of non-ortho nitro benzene ring substituents is 2. The number of urea groups is 2. The fourth-order valence-electron chi connectivity index (χ4n) is 5.99. The van der Waals surface area contributed by atoms with Crippen molar-refractivity contribution in [3.63, 3.8) is 0 Å². The van der Waals surface area contributed by atoms with Gasteiger partial charge in [-0.25, -0.2) is 9.59 Å². The SMILES string of the molecule is COc1ccc([N+](=O)[O-])cc1NC(=O)N[C@@H](C(=O)Nc1ccc(C)cc1)c1ccccc1.COc1ccc([N+](=O)[O-])cc1NC(=O)N[C@H](C(=O)Nc1ccc(C)cc1)c1ccccc1. The molecule has 0 aliphatic carbocycles. The van der Waals surface area contributed by atoms with Gasteiger partial charge < -0.3 is 41.4 Å². The monoisotopic (exact) mass is 868 g/mol. The number of ether oxygens (including phenoxy) is 2. The van der Waals surface area contributed by atoms with Gasteiger partial charge in [0, 0.05) is 35.6 Å². The van der Waals surface area contributed by atoms with Crippen molar-refractivity contribution >= 4 is 58.0 Å². The van der Waals surface area contributed by atoms with Gasteiger partial charge in [-0.2, -0.15) is 0 Å². The average Bonchev–Trinajstić information content (AvgIpc) is 3.29. The highest BCUT2D eigenvalue weighted by Gasteiger charge is 2.26. The second kappa shape index (κ2) is 22.2. The van der Waals surface area contributed by atoms with Crippen LogP contribution in [-0.2, 0) is 9.59 Å². The van der Waals surface area contributed by atoms with Gasteiger partial charge in [0.2, 0.25) is 0 Å². The van der Waals surface area contributed by atoms with Gasteiger partial charge in [0.25, 0.3) is 23.2 Å². The number of rotatable bonds is 14. The van der Waals surface area contributed by atoms with Gasteiger partial charge in [0.05, 0.1) is 35.4 Å². The molecule has 0 radical (unpaired) electrons. The second-order valence-electron chi connectivity index (χ2n) is 13.9. The van der Waals surface area contributed by atoms with E-state index in [0.717, 1.165) is 11.1 Å². The summed E-state index contributed by atoms with van der Waals surface area (Å²) in [6.45, 7) is 3.87. The molecule has 0 aliphatic heterocycles. The number of hydrogen-bond donors (Lipinski definition) is 6. The molecule has 0 aliphatic rings. The third kappa shape index (κ3) is 13.1. The van der Waals surface area contributed by atoms with E-state index in [0.29, 0.717) is 22.5 Å². The Labute approximate surface area is 367 Å². The molecule has 6 rings (SSSR count). The summed E-state index contributed by atoms with van der Waals surface area (Å²) in [5.41, 5.74) is 4.19. The van der Waals surface area contributed by atoms with E-state index in [4.69, 9.17) is 9.47 Å². The molecule has 6 N–H and O–H groups in total. The Kier molecular flexibility index (Phi) is 16.0. The number of amides is 6. The van der Waals surface area contributed by atoms with Gasteiger partial charge in [-0.3, -0.25) is 29.8 Å². The first-order valence-electron chi connectivity index (χ1n) is 19.4. The quantitative estimate of drug-likeness (QED) is 0.0448. The summed E-state index contributed by atoms with van der Waals surface area (Å²) in [6.07, 6.45) is 0. The predicted octanol–water partition coefficient (Wildman–Crippen LogP) is 8.83. The lowest BCUT2D eigenvalue weighted by molar-refractivity contribution is -0.385. The van der Waals surface area contributed by atoms with Crippen molar-refractivity contribution in [2.75, 3.05) is 35.5 Å². The number of benzene rings is 6. The molecule has 6 aromatic carbocycles. The number of carbonyl (C=O) groups excluding carboxylic acids is 4. The molecule has 2 atom stereocenters. The van der Waals surface area contributed by atoms with E-state index in [-0.39, 0.29) is 34.2 Å². The van der Waals surface area contributed by atoms with Crippen molar-refractivity contribution in [2.24, 2.45) is 0 Å². The second-order valence-corrected chi connectivity index (χ2v) is 13.9. The van der Waals surface area contributed by atoms with Crippen LogP contribution < -0.4 is 41.4 Å². The van der Waals surface area contributed by atoms with E-state index >= 15 is 0 Å². The average molecular weight is 869 g/mol. The van der Waals surface area contributed by atoms with Crippen LogP contribution in [0.1, 0.15) is 34.3 Å². The van der Waals surface area contributed by atoms with Gasteiger partial charge in [0.1, 0.15) is 23.6 Å². The molecule has 0 saturated carbocycles. The Morgan fingerprint density at radius 3 is 1.14 bits per heavy atom. The molecule has 0 spiro atoms. The Morgan fingerprint density at radius 1 is 0.484 bits per heavy atom. The third-order valence-corrected chi connectivity index (χ3v) is 9.26. The van der Waals surface area contributed by atoms with E-state index < -0.39 is 45.8 Å². The van der Waals surface area contributed by atoms with Crippen LogP contribution in [0.25, 0.3) is 0 Å². The number of nitrogens with zero attached hydrogens (tertiary/aromatic N) is 2. The van der Waals surface area contributed by atoms with Crippen molar-refractivity contribution in [2.45, 2.75) is 25.9 Å². The van der Waals surface area contributed by atoms with E-state index in [1.165, 1.54) is 50.6 Å². The molecule has 0 heterocycles. The predicted molar refractivity (Wildman–Crippen MR) is 242 cm³/mol. The van der Waals surface area contributed by atoms with Crippen molar-refractivity contribution in [3.8, 4) is 11.5 Å². The third-order valence-electron chi connectivity index (χ3n) is 9.26. The van der Waals surface area contributed by atoms with Crippen LogP contribution in [-0.4, -0.2) is 47.9 Å². The van der Waals surface area contributed by atoms with Crippen molar-refractivity contribution < 1.29 is 38.5 Å². The minimum atomic E-state index is -1.01. The Balaban J connectivity index is 0.000000241. The molecular formula is C46H44N8O10. The molecule has 64 heavy (non-hydrogen) atoms. The molecule has 6 amide bonds. The summed E-state index contributed by atoms with van der Waals surface area (Å²) in [5.74, 6) is -0.403. The Morgan fingerprint density at radius 2 is 0.828 bits per heavy atom. The number of nitro groups is 2. The summed E-state index contributed by atoms with van der Waals surface area (Å²) in [5, 5.41) is 38.0. The fourth-order valence-corrected chi connectivity index (χ4v) is 5.99. The van der Waals surface area contributed by atoms with Gasteiger partial charge in [0.15, 0.2) is 0 Å². The van der Waals surface area contributed by atoms with Crippen molar-refractivity contribution in [3.05, 3.63) is 188 Å². The van der Waals surface area contributed by atoms with Crippen LogP contribution in [0.5, 0.6) is 11.5 Å². The highest BCUT2D eigenvalue weighted by atomic mass is 16.6. The molecule has 0 bridgehead atoms. The molecule has 0 aromatic heterocycles. The zero-order chi connectivity index (χ0) is 46.2. The van der Waals surface area contributed by atoms with Crippen LogP contribution in [0.3, 0.4) is 0 Å². The molecule has 18 heteroatoms. The van der Waals surface area contributed by atoms with Gasteiger partial charge in [-0.05, 0) is 61.4 Å². The Hall–Kier alpha value is -8.80. The molecule has 0 unspecified atom stereocenters. The summed E-state index contributed by atoms with van der Waals surface area (Å²) < 4.78 is 10.3. The van der Waals surface area contributed by atoms with Crippen LogP contribution >= 0.6 is 0 Å². The highest BCUT2D eigenvalue weighted by Crippen LogP contribution is 2.30. The van der Waals surface area contributed by atoms with Crippen molar-refractivity contribution in [1.29, 1.82) is 0 Å². The summed E-state index contributed by atoms with van der Waals surface area (Å²) >= 11 is 0. The van der Waals surface area contributed by atoms with Crippen LogP contribution in [0.4, 0.5) is 43.7 Å². The lowest BCUT2D eigenvalue weighted by Crippen LogP contribution is -2.39. The lowest BCUT2D eigenvalue weighted by atomic mass is 10.1. The standard InChI is InChI=1S/2C23H22N4O5/c2*1-15-8-10-17(11-9-15)24-22(28)21(16-6-4-3-5-7-16)26-23(29)25-19-14-18(27(30)31)12-13-20(19)32-2/h2*3-14,21H,1-2H3,(H,24,28)(H2,25,26,29)/t2*21-/m10/s1. The maximum atomic E-state index is 13.0. The zero-order valence-corrected chi connectivity index (χ0v) is 35.0. The highest BCUT2D eigenvalue weighted by molar-refractivity contribution is 6.01. The van der Waals surface area contributed by atoms with Gasteiger partial charge in [-0.1, -0.05) is 96.1 Å². The van der Waals surface area contributed by atoms with Crippen LogP contribution in [0.2, 0.25) is 0 Å². The van der Waals surface area contributed by atoms with Crippen LogP contribution in [0, 0.1) is 34.1 Å². The number of carbonyl (C=O) groups is 4. The maximum Gasteiger partial charge on any atom is 0.320 e. The van der Waals surface area contributed by atoms with E-state index in [1.54, 1.807) is 84.9 Å². The molecule has 328 valence electrons. The number of anilines is 4. The number of nitro benzene ring substituents is 2. The summed E-state index contributed by atoms with van der Waals surface area (Å²) in [4.78, 5) is 72.4. The van der Waals surface area contributed by atoms with Gasteiger partial charge in [-0.15, -0.1) is 0 Å². The number of hydrogen-bond acceptors (Lipinski definition) is 10. The fraction of sp³-hybridized carbons (Fsp3) is 0.130. The maximum absolute atomic E-state index is 13.0. The number of aryl methyl sites for hydroxylation is 2. The normalized spacial score (nSPS) is 11.2. The van der Waals surface area contributed by atoms with Gasteiger partial charge >= 0.3 is 12.1 Å². The summed E-state index contributed by atoms with van der Waals surface area (Å²) in [7, 11) is 2.76. The first-order chi connectivity index (χ1) is 30.7. The molecule has 18 nitrogen and oxygen atoms in total.